The summed E-state index contributed by atoms with van der Waals surface area (Å²) in [7, 11) is 0. The zero-order chi connectivity index (χ0) is 24.0. The highest BCUT2D eigenvalue weighted by Gasteiger charge is 2.09. The number of unbranched alkanes of at least 4 members (excludes halogenated alkanes) is 6. The first-order chi connectivity index (χ1) is 16.7. The third-order valence-corrected chi connectivity index (χ3v) is 6.37. The summed E-state index contributed by atoms with van der Waals surface area (Å²) in [5.74, 6) is -0.526. The van der Waals surface area contributed by atoms with Crippen molar-refractivity contribution < 1.29 is 10.0 Å². The fourth-order valence-electron chi connectivity index (χ4n) is 4.38. The molecule has 5 heteroatoms. The van der Waals surface area contributed by atoms with Crippen LogP contribution in [0.3, 0.4) is 0 Å². The van der Waals surface area contributed by atoms with Crippen LogP contribution in [0, 0.1) is 0 Å². The Morgan fingerprint density at radius 3 is 2.47 bits per heavy atom. The van der Waals surface area contributed by atoms with E-state index in [9.17, 15) is 4.79 Å². The maximum atomic E-state index is 11.2. The number of carbonyl (C=O) groups is 1. The van der Waals surface area contributed by atoms with Gasteiger partial charge in [0.2, 0.25) is 0 Å². The first kappa shape index (κ1) is 25.7. The van der Waals surface area contributed by atoms with E-state index in [4.69, 9.17) is 5.21 Å². The van der Waals surface area contributed by atoms with E-state index in [2.05, 4.69) is 59.4 Å². The predicted octanol–water partition coefficient (Wildman–Crippen LogP) is 6.48. The van der Waals surface area contributed by atoms with E-state index in [1.165, 1.54) is 73.1 Å². The Morgan fingerprint density at radius 1 is 0.971 bits per heavy atom. The number of benzene rings is 2. The number of nitrogens with zero attached hydrogens (tertiary/aromatic N) is 1. The Balaban J connectivity index is 1.57. The summed E-state index contributed by atoms with van der Waals surface area (Å²) < 4.78 is 0. The van der Waals surface area contributed by atoms with Gasteiger partial charge in [0.25, 0.3) is 5.91 Å². The molecule has 0 fully saturated rings. The fraction of sp³-hybridized carbons (Fsp3) is 0.414. The molecule has 0 saturated carbocycles. The highest BCUT2D eigenvalue weighted by molar-refractivity contribution is 5.90. The minimum atomic E-state index is -0.526. The molecule has 1 amide bonds. The van der Waals surface area contributed by atoms with Crippen molar-refractivity contribution in [3.05, 3.63) is 77.5 Å². The Labute approximate surface area is 203 Å². The lowest BCUT2D eigenvalue weighted by Gasteiger charge is -2.22. The number of rotatable bonds is 15. The van der Waals surface area contributed by atoms with Gasteiger partial charge in [-0.3, -0.25) is 14.9 Å². The van der Waals surface area contributed by atoms with E-state index in [-0.39, 0.29) is 0 Å². The molecular weight excluding hydrogens is 422 g/mol. The van der Waals surface area contributed by atoms with Crippen molar-refractivity contribution in [2.24, 2.45) is 0 Å². The van der Waals surface area contributed by atoms with E-state index in [1.54, 1.807) is 11.6 Å². The molecule has 0 aliphatic carbocycles. The van der Waals surface area contributed by atoms with Crippen LogP contribution in [0.25, 0.3) is 17.0 Å². The van der Waals surface area contributed by atoms with E-state index < -0.39 is 5.91 Å². The van der Waals surface area contributed by atoms with Crippen molar-refractivity contribution in [2.45, 2.75) is 64.8 Å². The molecule has 0 spiro atoms. The van der Waals surface area contributed by atoms with E-state index in [0.717, 1.165) is 31.6 Å². The number of hydrogen-bond donors (Lipinski definition) is 3. The number of hydrogen-bond acceptors (Lipinski definition) is 3. The molecule has 2 aromatic carbocycles. The summed E-state index contributed by atoms with van der Waals surface area (Å²) in [5.41, 5.74) is 6.40. The maximum Gasteiger partial charge on any atom is 0.267 e. The van der Waals surface area contributed by atoms with E-state index in [1.807, 2.05) is 12.1 Å². The number of amides is 1. The predicted molar refractivity (Wildman–Crippen MR) is 141 cm³/mol. The van der Waals surface area contributed by atoms with Crippen molar-refractivity contribution in [1.82, 2.24) is 15.4 Å². The van der Waals surface area contributed by atoms with E-state index >= 15 is 0 Å². The molecule has 182 valence electrons. The van der Waals surface area contributed by atoms with Crippen LogP contribution >= 0.6 is 0 Å². The lowest BCUT2D eigenvalue weighted by Crippen LogP contribution is -2.27. The van der Waals surface area contributed by atoms with Crippen molar-refractivity contribution >= 4 is 22.9 Å². The van der Waals surface area contributed by atoms with Gasteiger partial charge in [0.1, 0.15) is 0 Å². The minimum absolute atomic E-state index is 0.526. The summed E-state index contributed by atoms with van der Waals surface area (Å²) in [6.45, 7) is 5.31. The third kappa shape index (κ3) is 8.47. The van der Waals surface area contributed by atoms with Gasteiger partial charge in [-0.15, -0.1) is 0 Å². The van der Waals surface area contributed by atoms with Crippen LogP contribution in [0.15, 0.2) is 60.8 Å². The van der Waals surface area contributed by atoms with E-state index in [0.29, 0.717) is 0 Å². The molecule has 0 radical (unpaired) electrons. The average Bonchev–Trinajstić information content (AvgIpc) is 3.29. The molecule has 0 saturated heterocycles. The van der Waals surface area contributed by atoms with Gasteiger partial charge in [-0.1, -0.05) is 87.9 Å². The number of fused-ring (bicyclic) bond motifs is 1. The van der Waals surface area contributed by atoms with Crippen LogP contribution in [-0.2, 0) is 17.8 Å². The first-order valence-electron chi connectivity index (χ1n) is 12.7. The zero-order valence-corrected chi connectivity index (χ0v) is 20.4. The van der Waals surface area contributed by atoms with Crippen LogP contribution in [0.5, 0.6) is 0 Å². The number of H-pyrrole nitrogens is 1. The number of aromatic nitrogens is 1. The first-order valence-corrected chi connectivity index (χ1v) is 12.7. The molecule has 3 N–H and O–H groups in total. The summed E-state index contributed by atoms with van der Waals surface area (Å²) >= 11 is 0. The molecule has 0 bridgehead atoms. The van der Waals surface area contributed by atoms with Crippen LogP contribution in [0.1, 0.15) is 68.6 Å². The SMILES string of the molecule is CCCCCCCCCN(CCc1c[nH]c2ccccc12)Cc1ccc(C=CC(=O)NO)cc1. The Bertz CT molecular complexity index is 1020. The maximum absolute atomic E-state index is 11.2. The van der Waals surface area contributed by atoms with Gasteiger partial charge in [0.15, 0.2) is 0 Å². The van der Waals surface area contributed by atoms with Crippen LogP contribution in [0.4, 0.5) is 0 Å². The van der Waals surface area contributed by atoms with Crippen LogP contribution < -0.4 is 5.48 Å². The van der Waals surface area contributed by atoms with Crippen molar-refractivity contribution in [1.29, 1.82) is 0 Å². The Kier molecular flexibility index (Phi) is 10.9. The van der Waals surface area contributed by atoms with Crippen LogP contribution in [0.2, 0.25) is 0 Å². The second-order valence-electron chi connectivity index (χ2n) is 9.06. The zero-order valence-electron chi connectivity index (χ0n) is 20.4. The quantitative estimate of drug-likeness (QED) is 0.105. The number of aromatic amines is 1. The van der Waals surface area contributed by atoms with Gasteiger partial charge in [0, 0.05) is 36.3 Å². The van der Waals surface area contributed by atoms with Gasteiger partial charge < -0.3 is 4.98 Å². The third-order valence-electron chi connectivity index (χ3n) is 6.37. The molecule has 34 heavy (non-hydrogen) atoms. The Morgan fingerprint density at radius 2 is 1.71 bits per heavy atom. The number of para-hydroxylation sites is 1. The molecule has 0 unspecified atom stereocenters. The van der Waals surface area contributed by atoms with Gasteiger partial charge in [-0.25, -0.2) is 5.48 Å². The number of carbonyl (C=O) groups excluding carboxylic acids is 1. The standard InChI is InChI=1S/C29H39N3O2/c1-2-3-4-5-6-7-10-20-32(21-19-26-22-30-28-12-9-8-11-27(26)28)23-25-15-13-24(14-16-25)17-18-29(33)31-34/h8-9,11-18,22,30,34H,2-7,10,19-21,23H2,1H3,(H,31,33). The van der Waals surface area contributed by atoms with Crippen molar-refractivity contribution in [2.75, 3.05) is 13.1 Å². The largest absolute Gasteiger partial charge is 0.361 e. The average molecular weight is 462 g/mol. The lowest BCUT2D eigenvalue weighted by molar-refractivity contribution is -0.124. The summed E-state index contributed by atoms with van der Waals surface area (Å²) in [6, 6.07) is 16.8. The normalized spacial score (nSPS) is 11.6. The fourth-order valence-corrected chi connectivity index (χ4v) is 4.38. The highest BCUT2D eigenvalue weighted by Crippen LogP contribution is 2.19. The number of nitrogens with one attached hydrogen (secondary N) is 2. The highest BCUT2D eigenvalue weighted by atomic mass is 16.5. The number of hydroxylamine groups is 1. The molecule has 0 aliphatic rings. The second kappa shape index (κ2) is 14.4. The topological polar surface area (TPSA) is 68.4 Å². The molecule has 0 aliphatic heterocycles. The Hall–Kier alpha value is -2.89. The van der Waals surface area contributed by atoms with Crippen LogP contribution in [-0.4, -0.2) is 34.1 Å². The molecule has 1 heterocycles. The smallest absolute Gasteiger partial charge is 0.267 e. The van der Waals surface area contributed by atoms with Gasteiger partial charge in [-0.2, -0.15) is 0 Å². The molecule has 0 atom stereocenters. The monoisotopic (exact) mass is 461 g/mol. The molecule has 1 aromatic heterocycles. The van der Waals surface area contributed by atoms with Crippen molar-refractivity contribution in [3.8, 4) is 0 Å². The summed E-state index contributed by atoms with van der Waals surface area (Å²) in [5, 5.41) is 9.94. The van der Waals surface area contributed by atoms with Gasteiger partial charge in [0.05, 0.1) is 0 Å². The van der Waals surface area contributed by atoms with Crippen molar-refractivity contribution in [3.63, 3.8) is 0 Å². The molecule has 5 nitrogen and oxygen atoms in total. The van der Waals surface area contributed by atoms with Gasteiger partial charge in [-0.05, 0) is 48.2 Å². The lowest BCUT2D eigenvalue weighted by atomic mass is 10.1. The molecule has 3 aromatic rings. The summed E-state index contributed by atoms with van der Waals surface area (Å²) in [4.78, 5) is 17.2. The molecule has 3 rings (SSSR count). The van der Waals surface area contributed by atoms with Gasteiger partial charge >= 0.3 is 0 Å². The minimum Gasteiger partial charge on any atom is -0.361 e. The second-order valence-corrected chi connectivity index (χ2v) is 9.06. The molecular formula is C29H39N3O2. The summed E-state index contributed by atoms with van der Waals surface area (Å²) in [6.07, 6.45) is 15.4.